The highest BCUT2D eigenvalue weighted by atomic mass is 16.6. The Morgan fingerprint density at radius 3 is 1.03 bits per heavy atom. The Balaban J connectivity index is 4.36. The molecule has 0 heterocycles. The first kappa shape index (κ1) is 56.6. The van der Waals surface area contributed by atoms with Crippen LogP contribution in [-0.4, -0.2) is 37.2 Å². The molecule has 0 aromatic heterocycles. The first-order valence-corrected chi connectivity index (χ1v) is 25.5. The number of hydrogen-bond acceptors (Lipinski definition) is 6. The van der Waals surface area contributed by atoms with Gasteiger partial charge >= 0.3 is 17.9 Å². The molecule has 59 heavy (non-hydrogen) atoms. The third-order valence-electron chi connectivity index (χ3n) is 11.2. The molecule has 0 aromatic carbocycles. The third kappa shape index (κ3) is 46.5. The van der Waals surface area contributed by atoms with Crippen LogP contribution in [0.3, 0.4) is 0 Å². The molecule has 6 nitrogen and oxygen atoms in total. The molecule has 0 N–H and O–H groups in total. The van der Waals surface area contributed by atoms with Gasteiger partial charge in [-0.1, -0.05) is 231 Å². The summed E-state index contributed by atoms with van der Waals surface area (Å²) in [6, 6.07) is 0. The topological polar surface area (TPSA) is 78.9 Å². The fourth-order valence-electron chi connectivity index (χ4n) is 7.34. The average Bonchev–Trinajstić information content (AvgIpc) is 3.23. The molecule has 0 spiro atoms. The minimum Gasteiger partial charge on any atom is -0.462 e. The van der Waals surface area contributed by atoms with E-state index in [9.17, 15) is 14.4 Å². The van der Waals surface area contributed by atoms with Gasteiger partial charge in [-0.05, 0) is 51.4 Å². The highest BCUT2D eigenvalue weighted by molar-refractivity contribution is 5.71. The second-order valence-corrected chi connectivity index (χ2v) is 17.1. The van der Waals surface area contributed by atoms with Gasteiger partial charge in [0, 0.05) is 19.3 Å². The standard InChI is InChI=1S/C53H96O6/c1-4-7-10-13-16-19-22-25-26-27-29-31-34-37-40-43-46-52(55)58-49-50(48-57-51(54)45-42-39-36-33-30-24-21-18-15-12-9-6-3)59-53(56)47-44-41-38-35-32-28-23-20-17-14-11-8-5-2/h7,10,16,19,25-26,50H,4-6,8-9,11-15,17-18,20-24,27-49H2,1-3H3/b10-7-,19-16-,26-25-. The lowest BCUT2D eigenvalue weighted by Crippen LogP contribution is -2.30. The number of carbonyl (C=O) groups excluding carboxylic acids is 3. The second kappa shape index (κ2) is 48.3. The zero-order chi connectivity index (χ0) is 43.0. The summed E-state index contributed by atoms with van der Waals surface area (Å²) in [5.41, 5.74) is 0. The molecule has 6 heteroatoms. The molecular formula is C53H96O6. The summed E-state index contributed by atoms with van der Waals surface area (Å²) >= 11 is 0. The summed E-state index contributed by atoms with van der Waals surface area (Å²) in [5, 5.41) is 0. The predicted molar refractivity (Wildman–Crippen MR) is 252 cm³/mol. The van der Waals surface area contributed by atoms with Crippen molar-refractivity contribution in [1.82, 2.24) is 0 Å². The molecule has 0 aromatic rings. The summed E-state index contributed by atoms with van der Waals surface area (Å²) in [6.07, 6.45) is 55.5. The van der Waals surface area contributed by atoms with Crippen molar-refractivity contribution in [3.05, 3.63) is 36.5 Å². The number of unbranched alkanes of at least 4 members (excludes halogenated alkanes) is 29. The molecule has 0 fully saturated rings. The Bertz CT molecular complexity index is 1000. The van der Waals surface area contributed by atoms with E-state index in [4.69, 9.17) is 14.2 Å². The maximum absolute atomic E-state index is 12.8. The van der Waals surface area contributed by atoms with Crippen LogP contribution in [0.2, 0.25) is 0 Å². The van der Waals surface area contributed by atoms with Gasteiger partial charge in [0.2, 0.25) is 0 Å². The number of allylic oxidation sites excluding steroid dienone is 6. The molecule has 0 rings (SSSR count). The largest absolute Gasteiger partial charge is 0.462 e. The lowest BCUT2D eigenvalue weighted by molar-refractivity contribution is -0.167. The Labute approximate surface area is 365 Å². The van der Waals surface area contributed by atoms with Crippen LogP contribution in [0.25, 0.3) is 0 Å². The molecular weight excluding hydrogens is 733 g/mol. The summed E-state index contributed by atoms with van der Waals surface area (Å²) in [5.74, 6) is -0.875. The van der Waals surface area contributed by atoms with E-state index in [1.807, 2.05) is 0 Å². The van der Waals surface area contributed by atoms with Crippen LogP contribution in [0, 0.1) is 0 Å². The number of hydrogen-bond donors (Lipinski definition) is 0. The normalized spacial score (nSPS) is 12.3. The van der Waals surface area contributed by atoms with E-state index in [1.54, 1.807) is 0 Å². The molecule has 0 saturated carbocycles. The van der Waals surface area contributed by atoms with Crippen LogP contribution in [0.4, 0.5) is 0 Å². The van der Waals surface area contributed by atoms with Gasteiger partial charge in [0.25, 0.3) is 0 Å². The molecule has 1 atom stereocenters. The Morgan fingerprint density at radius 1 is 0.356 bits per heavy atom. The van der Waals surface area contributed by atoms with Crippen molar-refractivity contribution in [1.29, 1.82) is 0 Å². The lowest BCUT2D eigenvalue weighted by Gasteiger charge is -2.18. The maximum Gasteiger partial charge on any atom is 0.306 e. The van der Waals surface area contributed by atoms with Crippen molar-refractivity contribution >= 4 is 17.9 Å². The van der Waals surface area contributed by atoms with Gasteiger partial charge in [-0.2, -0.15) is 0 Å². The van der Waals surface area contributed by atoms with Crippen LogP contribution >= 0.6 is 0 Å². The van der Waals surface area contributed by atoms with Crippen molar-refractivity contribution in [2.45, 2.75) is 271 Å². The van der Waals surface area contributed by atoms with Crippen LogP contribution in [-0.2, 0) is 28.6 Å². The number of esters is 3. The summed E-state index contributed by atoms with van der Waals surface area (Å²) in [4.78, 5) is 37.9. The highest BCUT2D eigenvalue weighted by Gasteiger charge is 2.19. The molecule has 344 valence electrons. The van der Waals surface area contributed by atoms with Gasteiger partial charge in [0.1, 0.15) is 13.2 Å². The Kier molecular flexibility index (Phi) is 46.4. The molecule has 0 saturated heterocycles. The highest BCUT2D eigenvalue weighted by Crippen LogP contribution is 2.16. The van der Waals surface area contributed by atoms with Crippen LogP contribution in [0.1, 0.15) is 265 Å². The monoisotopic (exact) mass is 829 g/mol. The average molecular weight is 829 g/mol. The van der Waals surface area contributed by atoms with Crippen molar-refractivity contribution in [3.63, 3.8) is 0 Å². The second-order valence-electron chi connectivity index (χ2n) is 17.1. The number of carbonyl (C=O) groups is 3. The smallest absolute Gasteiger partial charge is 0.306 e. The fraction of sp³-hybridized carbons (Fsp3) is 0.830. The van der Waals surface area contributed by atoms with E-state index in [0.717, 1.165) is 83.5 Å². The molecule has 0 aliphatic carbocycles. The molecule has 1 unspecified atom stereocenters. The molecule has 0 radical (unpaired) electrons. The van der Waals surface area contributed by atoms with E-state index in [0.29, 0.717) is 19.3 Å². The molecule has 0 bridgehead atoms. The molecule has 0 aliphatic heterocycles. The maximum atomic E-state index is 12.8. The number of rotatable bonds is 46. The minimum absolute atomic E-state index is 0.0722. The van der Waals surface area contributed by atoms with Crippen LogP contribution in [0.5, 0.6) is 0 Å². The number of ether oxygens (including phenoxy) is 3. The predicted octanol–water partition coefficient (Wildman–Crippen LogP) is 16.5. The van der Waals surface area contributed by atoms with E-state index in [2.05, 4.69) is 57.2 Å². The van der Waals surface area contributed by atoms with Crippen molar-refractivity contribution in [2.75, 3.05) is 13.2 Å². The molecule has 0 amide bonds. The first-order valence-electron chi connectivity index (χ1n) is 25.5. The van der Waals surface area contributed by atoms with Crippen molar-refractivity contribution in [3.8, 4) is 0 Å². The summed E-state index contributed by atoms with van der Waals surface area (Å²) in [7, 11) is 0. The zero-order valence-corrected chi connectivity index (χ0v) is 39.3. The van der Waals surface area contributed by atoms with Gasteiger partial charge in [-0.15, -0.1) is 0 Å². The van der Waals surface area contributed by atoms with Gasteiger partial charge in [0.15, 0.2) is 6.10 Å². The van der Waals surface area contributed by atoms with Crippen LogP contribution < -0.4 is 0 Å². The van der Waals surface area contributed by atoms with E-state index in [1.165, 1.54) is 141 Å². The lowest BCUT2D eigenvalue weighted by atomic mass is 10.0. The summed E-state index contributed by atoms with van der Waals surface area (Å²) in [6.45, 7) is 6.53. The van der Waals surface area contributed by atoms with E-state index in [-0.39, 0.29) is 31.1 Å². The Hall–Kier alpha value is -2.37. The quantitative estimate of drug-likeness (QED) is 0.0263. The third-order valence-corrected chi connectivity index (χ3v) is 11.2. The SMILES string of the molecule is CC/C=C\C/C=C\C/C=C\CCCCCCCCC(=O)OCC(COC(=O)CCCCCCCCCCCCCC)OC(=O)CCCCCCCCCCCCCCC. The zero-order valence-electron chi connectivity index (χ0n) is 39.3. The van der Waals surface area contributed by atoms with Crippen LogP contribution in [0.15, 0.2) is 36.5 Å². The summed E-state index contributed by atoms with van der Waals surface area (Å²) < 4.78 is 16.8. The molecule has 0 aliphatic rings. The van der Waals surface area contributed by atoms with Gasteiger partial charge in [0.05, 0.1) is 0 Å². The fourth-order valence-corrected chi connectivity index (χ4v) is 7.34. The van der Waals surface area contributed by atoms with E-state index >= 15 is 0 Å². The first-order chi connectivity index (χ1) is 29.0. The van der Waals surface area contributed by atoms with E-state index < -0.39 is 6.10 Å². The van der Waals surface area contributed by atoms with Crippen molar-refractivity contribution < 1.29 is 28.6 Å². The van der Waals surface area contributed by atoms with Gasteiger partial charge < -0.3 is 14.2 Å². The van der Waals surface area contributed by atoms with Crippen molar-refractivity contribution in [2.24, 2.45) is 0 Å². The van der Waals surface area contributed by atoms with Gasteiger partial charge in [-0.3, -0.25) is 14.4 Å². The Morgan fingerprint density at radius 2 is 0.661 bits per heavy atom. The minimum atomic E-state index is -0.771. The van der Waals surface area contributed by atoms with Gasteiger partial charge in [-0.25, -0.2) is 0 Å².